The van der Waals surface area contributed by atoms with Gasteiger partial charge in [0.15, 0.2) is 11.5 Å². The minimum absolute atomic E-state index is 0.197. The Labute approximate surface area is 212 Å². The molecule has 0 atom stereocenters. The summed E-state index contributed by atoms with van der Waals surface area (Å²) in [5.41, 5.74) is 3.51. The average molecular weight is 491 g/mol. The molecule has 1 aliphatic rings. The third kappa shape index (κ3) is 6.53. The van der Waals surface area contributed by atoms with Crippen molar-refractivity contribution in [3.05, 3.63) is 83.0 Å². The number of aromatic nitrogens is 1. The summed E-state index contributed by atoms with van der Waals surface area (Å²) in [4.78, 5) is 20.9. The number of ether oxygens (including phenoxy) is 2. The van der Waals surface area contributed by atoms with E-state index in [1.54, 1.807) is 26.2 Å². The molecule has 190 valence electrons. The van der Waals surface area contributed by atoms with Crippen molar-refractivity contribution in [3.63, 3.8) is 0 Å². The van der Waals surface area contributed by atoms with Gasteiger partial charge >= 0.3 is 5.97 Å². The van der Waals surface area contributed by atoms with Crippen LogP contribution in [0.5, 0.6) is 11.5 Å². The standard InChI is InChI=1S/C28H34N4O4/c1-3-36-28(34)23-9-7-21(8-10-23)18-29-19-22-16-24(27(33)25(17-22)35-2)20-31-12-14-32(15-13-31)26-6-4-5-11-30-26/h4-11,16-17,29,33H,3,12-15,18-20H2,1-2H3. The Morgan fingerprint density at radius 3 is 2.44 bits per heavy atom. The number of rotatable bonds is 10. The molecule has 1 saturated heterocycles. The number of methoxy groups -OCH3 is 1. The molecule has 3 aromatic rings. The maximum absolute atomic E-state index is 11.8. The lowest BCUT2D eigenvalue weighted by Gasteiger charge is -2.35. The summed E-state index contributed by atoms with van der Waals surface area (Å²) < 4.78 is 10.5. The molecule has 2 N–H and O–H groups in total. The van der Waals surface area contributed by atoms with Gasteiger partial charge in [-0.1, -0.05) is 18.2 Å². The van der Waals surface area contributed by atoms with Crippen molar-refractivity contribution in [2.24, 2.45) is 0 Å². The van der Waals surface area contributed by atoms with E-state index in [1.165, 1.54) is 0 Å². The van der Waals surface area contributed by atoms with Crippen LogP contribution in [-0.4, -0.2) is 60.9 Å². The summed E-state index contributed by atoms with van der Waals surface area (Å²) in [5.74, 6) is 1.38. The Kier molecular flexibility index (Phi) is 8.76. The van der Waals surface area contributed by atoms with Crippen LogP contribution in [0.3, 0.4) is 0 Å². The minimum atomic E-state index is -0.307. The number of hydrogen-bond donors (Lipinski definition) is 2. The highest BCUT2D eigenvalue weighted by atomic mass is 16.5. The molecule has 1 aromatic heterocycles. The number of carbonyl (C=O) groups excluding carboxylic acids is 1. The lowest BCUT2D eigenvalue weighted by atomic mass is 10.1. The van der Waals surface area contributed by atoms with E-state index in [0.29, 0.717) is 37.6 Å². The minimum Gasteiger partial charge on any atom is -0.504 e. The zero-order chi connectivity index (χ0) is 25.3. The summed E-state index contributed by atoms with van der Waals surface area (Å²) in [6.45, 7) is 7.65. The van der Waals surface area contributed by atoms with Gasteiger partial charge in [-0.3, -0.25) is 4.90 Å². The zero-order valence-corrected chi connectivity index (χ0v) is 20.9. The number of carbonyl (C=O) groups is 1. The highest BCUT2D eigenvalue weighted by Gasteiger charge is 2.20. The van der Waals surface area contributed by atoms with Crippen molar-refractivity contribution in [3.8, 4) is 11.5 Å². The summed E-state index contributed by atoms with van der Waals surface area (Å²) >= 11 is 0. The van der Waals surface area contributed by atoms with E-state index < -0.39 is 0 Å². The van der Waals surface area contributed by atoms with Crippen molar-refractivity contribution in [2.45, 2.75) is 26.6 Å². The van der Waals surface area contributed by atoms with Gasteiger partial charge in [0.1, 0.15) is 5.82 Å². The number of piperazine rings is 1. The van der Waals surface area contributed by atoms with Crippen LogP contribution in [0, 0.1) is 0 Å². The zero-order valence-electron chi connectivity index (χ0n) is 20.9. The highest BCUT2D eigenvalue weighted by molar-refractivity contribution is 5.89. The molecule has 8 heteroatoms. The number of nitrogens with zero attached hydrogens (tertiary/aromatic N) is 3. The number of esters is 1. The molecule has 0 aliphatic carbocycles. The van der Waals surface area contributed by atoms with E-state index in [-0.39, 0.29) is 11.7 Å². The van der Waals surface area contributed by atoms with Crippen molar-refractivity contribution in [2.75, 3.05) is 44.8 Å². The molecule has 0 amide bonds. The van der Waals surface area contributed by atoms with E-state index in [0.717, 1.165) is 48.7 Å². The molecule has 0 spiro atoms. The molecule has 1 fully saturated rings. The summed E-state index contributed by atoms with van der Waals surface area (Å²) in [7, 11) is 1.58. The molecule has 0 radical (unpaired) electrons. The first-order chi connectivity index (χ1) is 17.6. The fourth-order valence-electron chi connectivity index (χ4n) is 4.35. The smallest absolute Gasteiger partial charge is 0.338 e. The van der Waals surface area contributed by atoms with E-state index in [4.69, 9.17) is 9.47 Å². The second-order valence-electron chi connectivity index (χ2n) is 8.78. The second kappa shape index (κ2) is 12.4. The van der Waals surface area contributed by atoms with Gasteiger partial charge in [0.2, 0.25) is 0 Å². The molecule has 2 aromatic carbocycles. The Balaban J connectivity index is 1.34. The molecule has 8 nitrogen and oxygen atoms in total. The number of nitrogens with one attached hydrogen (secondary N) is 1. The Morgan fingerprint density at radius 1 is 1.03 bits per heavy atom. The lowest BCUT2D eigenvalue weighted by Crippen LogP contribution is -2.46. The third-order valence-electron chi connectivity index (χ3n) is 6.30. The number of pyridine rings is 1. The summed E-state index contributed by atoms with van der Waals surface area (Å²) in [6.07, 6.45) is 1.82. The van der Waals surface area contributed by atoms with Gasteiger partial charge in [0.25, 0.3) is 0 Å². The number of phenolic OH excluding ortho intramolecular Hbond substituents is 1. The van der Waals surface area contributed by atoms with E-state index in [1.807, 2.05) is 48.7 Å². The predicted octanol–water partition coefficient (Wildman–Crippen LogP) is 3.58. The first-order valence-electron chi connectivity index (χ1n) is 12.3. The topological polar surface area (TPSA) is 87.2 Å². The van der Waals surface area contributed by atoms with E-state index in [9.17, 15) is 9.90 Å². The van der Waals surface area contributed by atoms with Crippen molar-refractivity contribution < 1.29 is 19.4 Å². The van der Waals surface area contributed by atoms with Gasteiger partial charge in [-0.25, -0.2) is 9.78 Å². The van der Waals surface area contributed by atoms with Crippen molar-refractivity contribution >= 4 is 11.8 Å². The van der Waals surface area contributed by atoms with Crippen molar-refractivity contribution in [1.82, 2.24) is 15.2 Å². The maximum atomic E-state index is 11.8. The molecular weight excluding hydrogens is 456 g/mol. The molecule has 0 unspecified atom stereocenters. The Bertz CT molecular complexity index is 1130. The molecule has 2 heterocycles. The molecule has 36 heavy (non-hydrogen) atoms. The van der Waals surface area contributed by atoms with Gasteiger partial charge in [-0.2, -0.15) is 0 Å². The fraction of sp³-hybridized carbons (Fsp3) is 0.357. The highest BCUT2D eigenvalue weighted by Crippen LogP contribution is 2.32. The summed E-state index contributed by atoms with van der Waals surface area (Å²) in [6, 6.07) is 17.3. The van der Waals surface area contributed by atoms with Crippen LogP contribution in [0.1, 0.15) is 34.0 Å². The van der Waals surface area contributed by atoms with Crippen LogP contribution in [0.2, 0.25) is 0 Å². The normalized spacial score (nSPS) is 14.0. The largest absolute Gasteiger partial charge is 0.504 e. The van der Waals surface area contributed by atoms with Crippen molar-refractivity contribution in [1.29, 1.82) is 0 Å². The first-order valence-corrected chi connectivity index (χ1v) is 12.3. The second-order valence-corrected chi connectivity index (χ2v) is 8.78. The number of anilines is 1. The lowest BCUT2D eigenvalue weighted by molar-refractivity contribution is 0.0526. The number of phenols is 1. The number of benzene rings is 2. The van der Waals surface area contributed by atoms with Crippen LogP contribution in [-0.2, 0) is 24.4 Å². The van der Waals surface area contributed by atoms with Gasteiger partial charge in [-0.15, -0.1) is 0 Å². The molecule has 4 rings (SSSR count). The Morgan fingerprint density at radius 2 is 1.78 bits per heavy atom. The molecule has 0 saturated carbocycles. The fourth-order valence-corrected chi connectivity index (χ4v) is 4.35. The van der Waals surface area contributed by atoms with Crippen LogP contribution >= 0.6 is 0 Å². The Hall–Kier alpha value is -3.62. The molecule has 0 bridgehead atoms. The predicted molar refractivity (Wildman–Crippen MR) is 139 cm³/mol. The quantitative estimate of drug-likeness (QED) is 0.417. The van der Waals surface area contributed by atoms with Gasteiger partial charge in [-0.05, 0) is 54.4 Å². The van der Waals surface area contributed by atoms with Crippen LogP contribution in [0.15, 0.2) is 60.8 Å². The first kappa shape index (κ1) is 25.5. The van der Waals surface area contributed by atoms with Gasteiger partial charge < -0.3 is 24.8 Å². The van der Waals surface area contributed by atoms with Crippen LogP contribution < -0.4 is 15.0 Å². The molecule has 1 aliphatic heterocycles. The molecular formula is C28H34N4O4. The number of hydrogen-bond acceptors (Lipinski definition) is 8. The summed E-state index contributed by atoms with van der Waals surface area (Å²) in [5, 5.41) is 14.2. The number of aromatic hydroxyl groups is 1. The van der Waals surface area contributed by atoms with E-state index in [2.05, 4.69) is 20.1 Å². The van der Waals surface area contributed by atoms with E-state index >= 15 is 0 Å². The van der Waals surface area contributed by atoms with Gasteiger partial charge in [0, 0.05) is 57.6 Å². The SMILES string of the molecule is CCOC(=O)c1ccc(CNCc2cc(CN3CCN(c4ccccn4)CC3)c(O)c(OC)c2)cc1. The van der Waals surface area contributed by atoms with Crippen LogP contribution in [0.4, 0.5) is 5.82 Å². The van der Waals surface area contributed by atoms with Gasteiger partial charge in [0.05, 0.1) is 19.3 Å². The third-order valence-corrected chi connectivity index (χ3v) is 6.30. The monoisotopic (exact) mass is 490 g/mol. The van der Waals surface area contributed by atoms with Crippen LogP contribution in [0.25, 0.3) is 0 Å². The maximum Gasteiger partial charge on any atom is 0.338 e. The average Bonchev–Trinajstić information content (AvgIpc) is 2.92.